The number of rotatable bonds is 3. The quantitative estimate of drug-likeness (QED) is 0.452. The Hall–Kier alpha value is 0. The molecule has 0 saturated heterocycles. The molecule has 0 aliphatic rings. The van der Waals surface area contributed by atoms with Crippen molar-refractivity contribution in [2.75, 3.05) is 0 Å². The number of hydrogen-bond donors (Lipinski definition) is 0. The van der Waals surface area contributed by atoms with Crippen LogP contribution in [0.5, 0.6) is 0 Å². The predicted octanol–water partition coefficient (Wildman–Crippen LogP) is 12.1. The largest absolute Gasteiger partial charge is 0.0776 e. The van der Waals surface area contributed by atoms with Crippen molar-refractivity contribution in [3.63, 3.8) is 0 Å². The summed E-state index contributed by atoms with van der Waals surface area (Å²) in [6, 6.07) is 0. The molecule has 0 saturated carbocycles. The van der Waals surface area contributed by atoms with Crippen LogP contribution in [0.1, 0.15) is 151 Å². The van der Waals surface area contributed by atoms with Crippen molar-refractivity contribution in [1.29, 1.82) is 0 Å². The van der Waals surface area contributed by atoms with Crippen molar-refractivity contribution in [2.24, 2.45) is 0 Å². The maximum absolute atomic E-state index is 2.23. The van der Waals surface area contributed by atoms with Crippen LogP contribution in [0.3, 0.4) is 0 Å². The average molecular weight is 327 g/mol. The van der Waals surface area contributed by atoms with E-state index in [1.54, 1.807) is 0 Å². The summed E-state index contributed by atoms with van der Waals surface area (Å²) >= 11 is 0. The zero-order valence-electron chi connectivity index (χ0n) is 4.83. The van der Waals surface area contributed by atoms with E-state index in [-0.39, 0.29) is 111 Å². The Kier molecular flexibility index (Phi) is 7220. The van der Waals surface area contributed by atoms with Crippen LogP contribution >= 0.6 is 0 Å². The molecule has 158 valence electrons. The molecule has 0 atom stereocenters. The second kappa shape index (κ2) is 451. The van der Waals surface area contributed by atoms with E-state index in [1.807, 2.05) is 0 Å². The van der Waals surface area contributed by atoms with Gasteiger partial charge in [0.05, 0.1) is 0 Å². The lowest BCUT2D eigenvalue weighted by Gasteiger charge is -1.86. The van der Waals surface area contributed by atoms with Gasteiger partial charge in [-0.05, 0) is 0 Å². The van der Waals surface area contributed by atoms with Gasteiger partial charge in [-0.3, -0.25) is 0 Å². The van der Waals surface area contributed by atoms with Crippen LogP contribution in [0.25, 0.3) is 0 Å². The van der Waals surface area contributed by atoms with Crippen LogP contribution in [0.15, 0.2) is 0 Å². The van der Waals surface area contributed by atoms with Crippen LogP contribution < -0.4 is 0 Å². The zero-order valence-corrected chi connectivity index (χ0v) is 4.83. The molecular weight excluding hydrogens is 252 g/mol. The fourth-order valence-electron chi connectivity index (χ4n) is 0.500. The Morgan fingerprint density at radius 1 is 0.286 bits per heavy atom. The van der Waals surface area contributed by atoms with Gasteiger partial charge >= 0.3 is 0 Å². The van der Waals surface area contributed by atoms with Gasteiger partial charge in [0.15, 0.2) is 0 Å². The standard InChI is InChI=1S/C6H14.15CH4/c1-3-5-6-4-2;;;;;;;;;;;;;;;/h3-6H2,1-2H3;15*1H4. The highest BCUT2D eigenvalue weighted by atomic mass is 13.8. The number of hydrogen-bond acceptors (Lipinski definition) is 0. The lowest BCUT2D eigenvalue weighted by Crippen LogP contribution is -1.66. The summed E-state index contributed by atoms with van der Waals surface area (Å²) in [4.78, 5) is 0. The molecule has 0 unspecified atom stereocenters. The summed E-state index contributed by atoms with van der Waals surface area (Å²) in [6.07, 6.45) is 5.54. The van der Waals surface area contributed by atoms with Gasteiger partial charge in [0.25, 0.3) is 0 Å². The smallest absolute Gasteiger partial charge is 0.0536 e. The Morgan fingerprint density at radius 3 is 0.429 bits per heavy atom. The fourth-order valence-corrected chi connectivity index (χ4v) is 0.500. The highest BCUT2D eigenvalue weighted by Crippen LogP contribution is 1.95. The third-order valence-electron chi connectivity index (χ3n) is 0.957. The predicted molar refractivity (Wildman–Crippen MR) is 131 cm³/mol. The van der Waals surface area contributed by atoms with E-state index < -0.39 is 0 Å². The highest BCUT2D eigenvalue weighted by molar-refractivity contribution is 4.31. The Labute approximate surface area is 151 Å². The van der Waals surface area contributed by atoms with Crippen LogP contribution in [0.4, 0.5) is 0 Å². The molecule has 0 heterocycles. The van der Waals surface area contributed by atoms with E-state index in [2.05, 4.69) is 13.8 Å². The van der Waals surface area contributed by atoms with Gasteiger partial charge in [-0.15, -0.1) is 0 Å². The molecule has 21 heavy (non-hydrogen) atoms. The van der Waals surface area contributed by atoms with Gasteiger partial charge in [0.1, 0.15) is 0 Å². The van der Waals surface area contributed by atoms with Crippen LogP contribution in [-0.2, 0) is 0 Å². The molecule has 0 aromatic carbocycles. The molecule has 0 amide bonds. The SMILES string of the molecule is C.C.C.C.C.C.C.C.C.C.C.C.C.C.C.CCCCCC. The van der Waals surface area contributed by atoms with Crippen LogP contribution in [-0.4, -0.2) is 0 Å². The summed E-state index contributed by atoms with van der Waals surface area (Å²) in [5.41, 5.74) is 0. The minimum absolute atomic E-state index is 0. The normalized spacial score (nSPS) is 2.57. The topological polar surface area (TPSA) is 0 Å². The maximum Gasteiger partial charge on any atom is -0.0536 e. The first-order chi connectivity index (χ1) is 2.91. The van der Waals surface area contributed by atoms with Gasteiger partial charge in [-0.1, -0.05) is 151 Å². The van der Waals surface area contributed by atoms with E-state index in [4.69, 9.17) is 0 Å². The lowest BCUT2D eigenvalue weighted by molar-refractivity contribution is 0.702. The van der Waals surface area contributed by atoms with E-state index in [0.29, 0.717) is 0 Å². The van der Waals surface area contributed by atoms with E-state index in [1.165, 1.54) is 25.7 Å². The molecule has 0 radical (unpaired) electrons. The minimum atomic E-state index is 0. The molecule has 0 bridgehead atoms. The summed E-state index contributed by atoms with van der Waals surface area (Å²) in [7, 11) is 0. The molecule has 0 aliphatic heterocycles. The summed E-state index contributed by atoms with van der Waals surface area (Å²) in [6.45, 7) is 4.46. The molecule has 0 aromatic rings. The second-order valence-electron chi connectivity index (χ2n) is 1.71. The van der Waals surface area contributed by atoms with Crippen molar-refractivity contribution >= 4 is 0 Å². The van der Waals surface area contributed by atoms with Gasteiger partial charge in [0, 0.05) is 0 Å². The van der Waals surface area contributed by atoms with Crippen LogP contribution in [0.2, 0.25) is 0 Å². The first kappa shape index (κ1) is 336. The molecule has 0 aromatic heterocycles. The molecule has 0 heteroatoms. The van der Waals surface area contributed by atoms with Crippen molar-refractivity contribution in [3.8, 4) is 0 Å². The van der Waals surface area contributed by atoms with Crippen molar-refractivity contribution in [1.82, 2.24) is 0 Å². The summed E-state index contributed by atoms with van der Waals surface area (Å²) in [5.74, 6) is 0. The molecule has 0 nitrogen and oxygen atoms in total. The minimum Gasteiger partial charge on any atom is -0.0776 e. The zero-order chi connectivity index (χ0) is 4.83. The Balaban J connectivity index is -0.00000000119. The highest BCUT2D eigenvalue weighted by Gasteiger charge is 1.75. The summed E-state index contributed by atoms with van der Waals surface area (Å²) in [5, 5.41) is 0. The van der Waals surface area contributed by atoms with Crippen molar-refractivity contribution in [3.05, 3.63) is 0 Å². The van der Waals surface area contributed by atoms with Gasteiger partial charge in [0.2, 0.25) is 0 Å². The Morgan fingerprint density at radius 2 is 0.381 bits per heavy atom. The molecule has 0 spiro atoms. The van der Waals surface area contributed by atoms with Gasteiger partial charge in [-0.25, -0.2) is 0 Å². The van der Waals surface area contributed by atoms with Crippen LogP contribution in [0, 0.1) is 0 Å². The van der Waals surface area contributed by atoms with Crippen molar-refractivity contribution < 1.29 is 0 Å². The lowest BCUT2D eigenvalue weighted by atomic mass is 10.2. The molecule has 0 rings (SSSR count). The van der Waals surface area contributed by atoms with Gasteiger partial charge < -0.3 is 0 Å². The van der Waals surface area contributed by atoms with E-state index in [0.717, 1.165) is 0 Å². The van der Waals surface area contributed by atoms with E-state index in [9.17, 15) is 0 Å². The van der Waals surface area contributed by atoms with Crippen molar-refractivity contribution in [2.45, 2.75) is 151 Å². The fraction of sp³-hybridized carbons (Fsp3) is 1.00. The maximum atomic E-state index is 2.23. The monoisotopic (exact) mass is 327 g/mol. The average Bonchev–Trinajstić information content (AvgIpc) is 1.61. The third kappa shape index (κ3) is 720. The molecule has 0 N–H and O–H groups in total. The second-order valence-corrected chi connectivity index (χ2v) is 1.71. The Bertz CT molecular complexity index is 12.0. The third-order valence-corrected chi connectivity index (χ3v) is 0.957. The molecule has 0 fully saturated rings. The summed E-state index contributed by atoms with van der Waals surface area (Å²) < 4.78 is 0. The van der Waals surface area contributed by atoms with E-state index >= 15 is 0 Å². The molecule has 0 aliphatic carbocycles. The molecular formula is C21H74. The first-order valence-electron chi connectivity index (χ1n) is 2.91. The number of unbranched alkanes of at least 4 members (excludes halogenated alkanes) is 3. The first-order valence-corrected chi connectivity index (χ1v) is 2.91. The van der Waals surface area contributed by atoms with Gasteiger partial charge in [-0.2, -0.15) is 0 Å².